The van der Waals surface area contributed by atoms with Crippen LogP contribution in [0.1, 0.15) is 24.4 Å². The second kappa shape index (κ2) is 2.48. The monoisotopic (exact) mass is 179 g/mol. The van der Waals surface area contributed by atoms with E-state index in [1.54, 1.807) is 6.92 Å². The molecule has 1 fully saturated rings. The van der Waals surface area contributed by atoms with Gasteiger partial charge in [0.25, 0.3) is 0 Å². The number of aliphatic carboxylic acids is 1. The van der Waals surface area contributed by atoms with E-state index in [-0.39, 0.29) is 0 Å². The van der Waals surface area contributed by atoms with Gasteiger partial charge in [-0.15, -0.1) is 5.10 Å². The highest BCUT2D eigenvalue weighted by Gasteiger charge is 2.54. The van der Waals surface area contributed by atoms with Crippen LogP contribution in [-0.4, -0.2) is 26.3 Å². The molecular weight excluding hydrogens is 170 g/mol. The van der Waals surface area contributed by atoms with Crippen LogP contribution in [0, 0.1) is 6.92 Å². The lowest BCUT2D eigenvalue weighted by molar-refractivity contribution is -0.140. The van der Waals surface area contributed by atoms with E-state index in [0.29, 0.717) is 24.4 Å². The average molecular weight is 179 g/mol. The van der Waals surface area contributed by atoms with Crippen LogP contribution in [0.5, 0.6) is 0 Å². The van der Waals surface area contributed by atoms with Gasteiger partial charge in [0.05, 0.1) is 11.9 Å². The van der Waals surface area contributed by atoms with Gasteiger partial charge < -0.3 is 5.11 Å². The van der Waals surface area contributed by atoms with Gasteiger partial charge in [-0.1, -0.05) is 0 Å². The molecule has 5 heteroatoms. The fraction of sp³-hybridized carbons (Fsp3) is 0.500. The van der Waals surface area contributed by atoms with Crippen molar-refractivity contribution in [3.8, 4) is 0 Å². The first kappa shape index (κ1) is 8.10. The number of carbonyl (C=O) groups is 1. The van der Waals surface area contributed by atoms with E-state index >= 15 is 0 Å². The molecule has 13 heavy (non-hydrogen) atoms. The fourth-order valence-electron chi connectivity index (χ4n) is 1.25. The molecule has 0 unspecified atom stereocenters. The van der Waals surface area contributed by atoms with E-state index in [0.717, 1.165) is 0 Å². The average Bonchev–Trinajstić information content (AvgIpc) is 2.83. The third-order valence-electron chi connectivity index (χ3n) is 2.27. The number of nitrogens with zero attached hydrogens (tertiary/aromatic N) is 3. The normalized spacial score (nSPS) is 18.2. The third kappa shape index (κ3) is 1.16. The molecule has 1 aromatic heterocycles. The first-order chi connectivity index (χ1) is 6.15. The van der Waals surface area contributed by atoms with Gasteiger partial charge >= 0.3 is 5.97 Å². The zero-order chi connectivity index (χ0) is 9.47. The number of carboxylic acids is 1. The highest BCUT2D eigenvalue weighted by molar-refractivity contribution is 5.83. The summed E-state index contributed by atoms with van der Waals surface area (Å²) in [5.74, 6) is -0.500. The molecule has 0 aromatic carbocycles. The Morgan fingerprint density at radius 2 is 2.31 bits per heavy atom. The Kier molecular flexibility index (Phi) is 1.55. The number of hydrogen-bond acceptors (Lipinski definition) is 4. The molecule has 1 saturated carbocycles. The van der Waals surface area contributed by atoms with Gasteiger partial charge in [-0.05, 0) is 19.8 Å². The Morgan fingerprint density at radius 3 is 2.77 bits per heavy atom. The molecule has 0 saturated heterocycles. The number of aryl methyl sites for hydroxylation is 1. The molecule has 1 heterocycles. The van der Waals surface area contributed by atoms with Crippen LogP contribution >= 0.6 is 0 Å². The molecule has 0 radical (unpaired) electrons. The predicted octanol–water partition coefficient (Wildman–Crippen LogP) is 0.296. The van der Waals surface area contributed by atoms with Crippen molar-refractivity contribution in [2.75, 3.05) is 0 Å². The molecule has 0 bridgehead atoms. The third-order valence-corrected chi connectivity index (χ3v) is 2.27. The van der Waals surface area contributed by atoms with Gasteiger partial charge in [0.1, 0.15) is 5.41 Å². The van der Waals surface area contributed by atoms with E-state index in [4.69, 9.17) is 5.11 Å². The summed E-state index contributed by atoms with van der Waals surface area (Å²) in [4.78, 5) is 15.0. The van der Waals surface area contributed by atoms with Crippen molar-refractivity contribution in [1.29, 1.82) is 0 Å². The molecule has 0 amide bonds. The van der Waals surface area contributed by atoms with Gasteiger partial charge in [0.15, 0.2) is 5.82 Å². The maximum absolute atomic E-state index is 10.9. The Hall–Kier alpha value is -1.52. The minimum atomic E-state index is -0.847. The molecule has 0 aliphatic heterocycles. The number of rotatable bonds is 2. The topological polar surface area (TPSA) is 76.0 Å². The molecule has 2 rings (SSSR count). The van der Waals surface area contributed by atoms with Gasteiger partial charge in [0.2, 0.25) is 0 Å². The van der Waals surface area contributed by atoms with Crippen molar-refractivity contribution in [2.24, 2.45) is 0 Å². The lowest BCUT2D eigenvalue weighted by Gasteiger charge is -2.06. The van der Waals surface area contributed by atoms with E-state index in [9.17, 15) is 4.79 Å². The SMILES string of the molecule is Cc1cnnc(C2(C(=O)O)CC2)n1. The van der Waals surface area contributed by atoms with Gasteiger partial charge in [-0.3, -0.25) is 4.79 Å². The summed E-state index contributed by atoms with van der Waals surface area (Å²) in [6.07, 6.45) is 2.75. The smallest absolute Gasteiger partial charge is 0.317 e. The fourth-order valence-corrected chi connectivity index (χ4v) is 1.25. The van der Waals surface area contributed by atoms with Crippen molar-refractivity contribution in [3.05, 3.63) is 17.7 Å². The summed E-state index contributed by atoms with van der Waals surface area (Å²) in [7, 11) is 0. The van der Waals surface area contributed by atoms with Crippen LogP contribution in [-0.2, 0) is 10.2 Å². The lowest BCUT2D eigenvalue weighted by Crippen LogP contribution is -2.23. The van der Waals surface area contributed by atoms with Gasteiger partial charge in [-0.25, -0.2) is 4.98 Å². The van der Waals surface area contributed by atoms with Crippen LogP contribution in [0.3, 0.4) is 0 Å². The zero-order valence-corrected chi connectivity index (χ0v) is 7.19. The van der Waals surface area contributed by atoms with Crippen molar-refractivity contribution in [2.45, 2.75) is 25.2 Å². The van der Waals surface area contributed by atoms with E-state index < -0.39 is 11.4 Å². The maximum Gasteiger partial charge on any atom is 0.317 e. The van der Waals surface area contributed by atoms with Crippen molar-refractivity contribution in [1.82, 2.24) is 15.2 Å². The van der Waals surface area contributed by atoms with E-state index in [1.807, 2.05) is 0 Å². The van der Waals surface area contributed by atoms with Crippen LogP contribution in [0.15, 0.2) is 6.20 Å². The van der Waals surface area contributed by atoms with Crippen molar-refractivity contribution >= 4 is 5.97 Å². The highest BCUT2D eigenvalue weighted by atomic mass is 16.4. The standard InChI is InChI=1S/C8H9N3O2/c1-5-4-9-11-6(10-5)8(2-3-8)7(12)13/h4H,2-3H2,1H3,(H,12,13). The Labute approximate surface area is 74.8 Å². The summed E-state index contributed by atoms with van der Waals surface area (Å²) in [5, 5.41) is 16.4. The summed E-state index contributed by atoms with van der Waals surface area (Å²) in [5.41, 5.74) is -0.128. The molecule has 0 spiro atoms. The molecular formula is C8H9N3O2. The summed E-state index contributed by atoms with van der Waals surface area (Å²) >= 11 is 0. The largest absolute Gasteiger partial charge is 0.480 e. The molecule has 5 nitrogen and oxygen atoms in total. The highest BCUT2D eigenvalue weighted by Crippen LogP contribution is 2.46. The summed E-state index contributed by atoms with van der Waals surface area (Å²) < 4.78 is 0. The van der Waals surface area contributed by atoms with Gasteiger partial charge in [0, 0.05) is 0 Å². The minimum Gasteiger partial charge on any atom is -0.480 e. The second-order valence-electron chi connectivity index (χ2n) is 3.31. The number of hydrogen-bond donors (Lipinski definition) is 1. The van der Waals surface area contributed by atoms with E-state index in [1.165, 1.54) is 6.20 Å². The second-order valence-corrected chi connectivity index (χ2v) is 3.31. The molecule has 1 N–H and O–H groups in total. The molecule has 68 valence electrons. The Morgan fingerprint density at radius 1 is 1.62 bits per heavy atom. The van der Waals surface area contributed by atoms with Crippen LogP contribution in [0.25, 0.3) is 0 Å². The first-order valence-electron chi connectivity index (χ1n) is 4.05. The lowest BCUT2D eigenvalue weighted by atomic mass is 10.1. The molecule has 1 aromatic rings. The maximum atomic E-state index is 10.9. The molecule has 0 atom stereocenters. The number of carboxylic acid groups (broad SMARTS) is 1. The van der Waals surface area contributed by atoms with Crippen LogP contribution in [0.2, 0.25) is 0 Å². The molecule has 1 aliphatic carbocycles. The first-order valence-corrected chi connectivity index (χ1v) is 4.05. The summed E-state index contributed by atoms with van der Waals surface area (Å²) in [6, 6.07) is 0. The summed E-state index contributed by atoms with van der Waals surface area (Å²) in [6.45, 7) is 1.77. The Balaban J connectivity index is 2.41. The quantitative estimate of drug-likeness (QED) is 0.706. The van der Waals surface area contributed by atoms with Gasteiger partial charge in [-0.2, -0.15) is 5.10 Å². The minimum absolute atomic E-state index is 0.347. The van der Waals surface area contributed by atoms with Crippen LogP contribution in [0.4, 0.5) is 0 Å². The number of aromatic nitrogens is 3. The van der Waals surface area contributed by atoms with Crippen molar-refractivity contribution in [3.63, 3.8) is 0 Å². The van der Waals surface area contributed by atoms with Crippen LogP contribution < -0.4 is 0 Å². The Bertz CT molecular complexity index is 360. The van der Waals surface area contributed by atoms with E-state index in [2.05, 4.69) is 15.2 Å². The van der Waals surface area contributed by atoms with Crippen molar-refractivity contribution < 1.29 is 9.90 Å². The molecule has 1 aliphatic rings. The predicted molar refractivity (Wildman–Crippen MR) is 43.1 cm³/mol. The zero-order valence-electron chi connectivity index (χ0n) is 7.19.